The first-order valence-electron chi connectivity index (χ1n) is 12.0. The van der Waals surface area contributed by atoms with Crippen molar-refractivity contribution in [3.05, 3.63) is 53.8 Å². The average molecular weight is 445 g/mol. The van der Waals surface area contributed by atoms with Gasteiger partial charge in [0, 0.05) is 0 Å². The molecular formula is C27H37FO4. The molecule has 0 heterocycles. The molecule has 0 saturated carbocycles. The summed E-state index contributed by atoms with van der Waals surface area (Å²) in [4.78, 5) is 12.4. The van der Waals surface area contributed by atoms with Gasteiger partial charge in [-0.1, -0.05) is 65.2 Å². The lowest BCUT2D eigenvalue weighted by Crippen LogP contribution is -2.09. The number of ether oxygens (including phenoxy) is 3. The predicted octanol–water partition coefficient (Wildman–Crippen LogP) is 7.74. The molecule has 2 rings (SSSR count). The van der Waals surface area contributed by atoms with E-state index in [1.165, 1.54) is 50.7 Å². The third kappa shape index (κ3) is 9.71. The molecule has 0 radical (unpaired) electrons. The van der Waals surface area contributed by atoms with Crippen LogP contribution in [0.4, 0.5) is 4.39 Å². The van der Waals surface area contributed by atoms with Crippen LogP contribution in [0.1, 0.15) is 88.4 Å². The lowest BCUT2D eigenvalue weighted by atomic mass is 10.1. The van der Waals surface area contributed by atoms with E-state index in [4.69, 9.17) is 14.2 Å². The summed E-state index contributed by atoms with van der Waals surface area (Å²) in [6.45, 7) is 5.51. The van der Waals surface area contributed by atoms with E-state index in [1.54, 1.807) is 24.3 Å². The number of hydrogen-bond donors (Lipinski definition) is 0. The number of rotatable bonds is 16. The molecule has 0 fully saturated rings. The Morgan fingerprint density at radius 3 is 1.94 bits per heavy atom. The van der Waals surface area contributed by atoms with Crippen LogP contribution in [0.5, 0.6) is 17.2 Å². The van der Waals surface area contributed by atoms with Gasteiger partial charge in [-0.3, -0.25) is 0 Å². The molecule has 0 unspecified atom stereocenters. The van der Waals surface area contributed by atoms with Gasteiger partial charge >= 0.3 is 5.97 Å². The van der Waals surface area contributed by atoms with E-state index in [0.29, 0.717) is 19.0 Å². The van der Waals surface area contributed by atoms with Gasteiger partial charge in [0.2, 0.25) is 0 Å². The number of esters is 1. The molecule has 0 atom stereocenters. The highest BCUT2D eigenvalue weighted by Crippen LogP contribution is 2.22. The maximum Gasteiger partial charge on any atom is 0.343 e. The van der Waals surface area contributed by atoms with Crippen LogP contribution < -0.4 is 14.2 Å². The van der Waals surface area contributed by atoms with Crippen molar-refractivity contribution in [3.63, 3.8) is 0 Å². The number of hydrogen-bond acceptors (Lipinski definition) is 4. The minimum absolute atomic E-state index is 0.144. The van der Waals surface area contributed by atoms with Gasteiger partial charge in [-0.2, -0.15) is 0 Å². The van der Waals surface area contributed by atoms with Crippen LogP contribution in [0.3, 0.4) is 0 Å². The van der Waals surface area contributed by atoms with Gasteiger partial charge < -0.3 is 14.2 Å². The van der Waals surface area contributed by atoms with Crippen molar-refractivity contribution >= 4 is 5.97 Å². The first kappa shape index (κ1) is 25.7. The number of benzene rings is 2. The molecule has 0 aromatic heterocycles. The maximum atomic E-state index is 14.3. The minimum atomic E-state index is -0.611. The number of halogens is 1. The highest BCUT2D eigenvalue weighted by atomic mass is 19.1. The third-order valence-electron chi connectivity index (χ3n) is 5.22. The molecule has 0 spiro atoms. The quantitative estimate of drug-likeness (QED) is 0.151. The molecule has 4 nitrogen and oxygen atoms in total. The fourth-order valence-electron chi connectivity index (χ4n) is 3.30. The Bertz CT molecular complexity index is 789. The van der Waals surface area contributed by atoms with Gasteiger partial charge in [0.1, 0.15) is 11.5 Å². The van der Waals surface area contributed by atoms with Crippen LogP contribution in [-0.4, -0.2) is 19.2 Å². The van der Waals surface area contributed by atoms with Gasteiger partial charge in [0.05, 0.1) is 18.8 Å². The highest BCUT2D eigenvalue weighted by molar-refractivity contribution is 5.91. The van der Waals surface area contributed by atoms with Crippen molar-refractivity contribution in [2.75, 3.05) is 13.2 Å². The summed E-state index contributed by atoms with van der Waals surface area (Å²) in [6.07, 6.45) is 11.4. The Balaban J connectivity index is 1.76. The van der Waals surface area contributed by atoms with Crippen LogP contribution in [0.2, 0.25) is 0 Å². The van der Waals surface area contributed by atoms with E-state index < -0.39 is 11.8 Å². The second-order valence-electron chi connectivity index (χ2n) is 8.03. The van der Waals surface area contributed by atoms with Gasteiger partial charge in [-0.05, 0) is 55.3 Å². The molecule has 2 aromatic carbocycles. The van der Waals surface area contributed by atoms with Crippen molar-refractivity contribution in [1.29, 1.82) is 0 Å². The van der Waals surface area contributed by atoms with E-state index in [0.717, 1.165) is 37.5 Å². The zero-order chi connectivity index (χ0) is 23.0. The second-order valence-corrected chi connectivity index (χ2v) is 8.03. The summed E-state index contributed by atoms with van der Waals surface area (Å²) in [6, 6.07) is 11.0. The van der Waals surface area contributed by atoms with Crippen LogP contribution in [-0.2, 0) is 0 Å². The van der Waals surface area contributed by atoms with Crippen molar-refractivity contribution < 1.29 is 23.4 Å². The SMILES string of the molecule is CCCCCCCCOc1ccc(C(=O)Oc2ccc(OCCCCCC)cc2)cc1F. The van der Waals surface area contributed by atoms with Crippen molar-refractivity contribution in [1.82, 2.24) is 0 Å². The van der Waals surface area contributed by atoms with Crippen molar-refractivity contribution in [3.8, 4) is 17.2 Å². The molecule has 5 heteroatoms. The molecule has 176 valence electrons. The van der Waals surface area contributed by atoms with Crippen molar-refractivity contribution in [2.24, 2.45) is 0 Å². The number of carbonyl (C=O) groups excluding carboxylic acids is 1. The minimum Gasteiger partial charge on any atom is -0.494 e. The normalized spacial score (nSPS) is 10.7. The highest BCUT2D eigenvalue weighted by Gasteiger charge is 2.13. The molecule has 0 aliphatic carbocycles. The summed E-state index contributed by atoms with van der Waals surface area (Å²) in [5, 5.41) is 0. The molecule has 0 N–H and O–H groups in total. The number of unbranched alkanes of at least 4 members (excludes halogenated alkanes) is 8. The Morgan fingerprint density at radius 1 is 0.719 bits per heavy atom. The summed E-state index contributed by atoms with van der Waals surface area (Å²) < 4.78 is 30.9. The van der Waals surface area contributed by atoms with Crippen molar-refractivity contribution in [2.45, 2.75) is 78.1 Å². The summed E-state index contributed by atoms with van der Waals surface area (Å²) in [5.41, 5.74) is 0.144. The van der Waals surface area contributed by atoms with Crippen LogP contribution in [0.15, 0.2) is 42.5 Å². The molecule has 32 heavy (non-hydrogen) atoms. The smallest absolute Gasteiger partial charge is 0.343 e. The fourth-order valence-corrected chi connectivity index (χ4v) is 3.30. The Hall–Kier alpha value is -2.56. The summed E-state index contributed by atoms with van der Waals surface area (Å²) >= 11 is 0. The standard InChI is InChI=1S/C27H37FO4/c1-3-5-7-9-10-12-20-31-26-18-13-22(21-25(26)28)27(29)32-24-16-14-23(15-17-24)30-19-11-8-6-4-2/h13-18,21H,3-12,19-20H2,1-2H3. The summed E-state index contributed by atoms with van der Waals surface area (Å²) in [7, 11) is 0. The Kier molecular flexibility index (Phi) is 12.3. The predicted molar refractivity (Wildman–Crippen MR) is 126 cm³/mol. The molecule has 0 bridgehead atoms. The van der Waals surface area contributed by atoms with E-state index >= 15 is 0 Å². The molecule has 0 amide bonds. The Morgan fingerprint density at radius 2 is 1.28 bits per heavy atom. The van der Waals surface area contributed by atoms with Gasteiger partial charge in [-0.15, -0.1) is 0 Å². The summed E-state index contributed by atoms with van der Waals surface area (Å²) in [5.74, 6) is 0.115. The lowest BCUT2D eigenvalue weighted by Gasteiger charge is -2.10. The monoisotopic (exact) mass is 444 g/mol. The van der Waals surface area contributed by atoms with E-state index in [2.05, 4.69) is 13.8 Å². The Labute approximate surface area is 192 Å². The molecule has 0 saturated heterocycles. The average Bonchev–Trinajstić information content (AvgIpc) is 2.80. The van der Waals surface area contributed by atoms with Crippen LogP contribution >= 0.6 is 0 Å². The largest absolute Gasteiger partial charge is 0.494 e. The van der Waals surface area contributed by atoms with Crippen LogP contribution in [0.25, 0.3) is 0 Å². The molecular weight excluding hydrogens is 407 g/mol. The van der Waals surface area contributed by atoms with E-state index in [1.807, 2.05) is 0 Å². The zero-order valence-corrected chi connectivity index (χ0v) is 19.5. The molecule has 0 aliphatic heterocycles. The topological polar surface area (TPSA) is 44.8 Å². The maximum absolute atomic E-state index is 14.3. The second kappa shape index (κ2) is 15.3. The lowest BCUT2D eigenvalue weighted by molar-refractivity contribution is 0.0734. The van der Waals surface area contributed by atoms with E-state index in [-0.39, 0.29) is 11.3 Å². The van der Waals surface area contributed by atoms with Gasteiger partial charge in [-0.25, -0.2) is 9.18 Å². The first-order chi connectivity index (χ1) is 15.6. The first-order valence-corrected chi connectivity index (χ1v) is 12.0. The van der Waals surface area contributed by atoms with Crippen LogP contribution in [0, 0.1) is 5.82 Å². The van der Waals surface area contributed by atoms with E-state index in [9.17, 15) is 9.18 Å². The van der Waals surface area contributed by atoms with Gasteiger partial charge in [0.25, 0.3) is 0 Å². The molecule has 0 aliphatic rings. The third-order valence-corrected chi connectivity index (χ3v) is 5.22. The molecule has 2 aromatic rings. The fraction of sp³-hybridized carbons (Fsp3) is 0.519. The zero-order valence-electron chi connectivity index (χ0n) is 19.5. The number of carbonyl (C=O) groups is 1. The van der Waals surface area contributed by atoms with Gasteiger partial charge in [0.15, 0.2) is 11.6 Å².